The summed E-state index contributed by atoms with van der Waals surface area (Å²) in [6.45, 7) is 10.1. The van der Waals surface area contributed by atoms with Crippen molar-refractivity contribution < 1.29 is 0 Å². The molecule has 0 saturated carbocycles. The average molecular weight is 395 g/mol. The number of nitrogens with zero attached hydrogens (tertiary/aromatic N) is 1. The van der Waals surface area contributed by atoms with Crippen LogP contribution in [-0.2, 0) is 0 Å². The van der Waals surface area contributed by atoms with Crippen molar-refractivity contribution in [1.82, 2.24) is 4.90 Å². The van der Waals surface area contributed by atoms with Gasteiger partial charge in [0.1, 0.15) is 0 Å². The summed E-state index contributed by atoms with van der Waals surface area (Å²) in [6, 6.07) is 27.2. The van der Waals surface area contributed by atoms with Crippen molar-refractivity contribution in [3.8, 4) is 0 Å². The van der Waals surface area contributed by atoms with Crippen LogP contribution in [0.25, 0.3) is 5.47 Å². The third kappa shape index (κ3) is 5.52. The molecular weight excluding hydrogens is 361 g/mol. The number of benzene rings is 3. The Kier molecular flexibility index (Phi) is 7.34. The lowest BCUT2D eigenvalue weighted by molar-refractivity contribution is 0.413. The second-order valence-corrected chi connectivity index (χ2v) is 8.87. The van der Waals surface area contributed by atoms with Crippen LogP contribution in [-0.4, -0.2) is 32.3 Å². The minimum atomic E-state index is 0.219. The maximum Gasteiger partial charge on any atom is 0.241 e. The monoisotopic (exact) mass is 395 g/mol. The number of hydrogen-bond donors (Lipinski definition) is 0. The minimum Gasteiger partial charge on any atom is -0.309 e. The standard InChI is InChI=1S/C28H34BN/c1-21-7-13-25(14-8-21)28(24(4)19-20-30(5)6)29(26-15-9-22(2)10-16-26)27-17-11-23(3)12-18-27/h7-18H,19-20H2,1-6H3/b28-24-. The van der Waals surface area contributed by atoms with E-state index in [1.54, 1.807) is 0 Å². The molecule has 3 aromatic rings. The van der Waals surface area contributed by atoms with E-state index in [0.29, 0.717) is 0 Å². The fourth-order valence-corrected chi connectivity index (χ4v) is 3.96. The molecule has 1 nitrogen and oxygen atoms in total. The van der Waals surface area contributed by atoms with Crippen LogP contribution in [0.4, 0.5) is 0 Å². The first-order valence-corrected chi connectivity index (χ1v) is 10.9. The van der Waals surface area contributed by atoms with E-state index in [9.17, 15) is 0 Å². The van der Waals surface area contributed by atoms with Gasteiger partial charge in [-0.3, -0.25) is 0 Å². The highest BCUT2D eigenvalue weighted by atomic mass is 15.0. The van der Waals surface area contributed by atoms with Gasteiger partial charge in [-0.1, -0.05) is 111 Å². The molecule has 0 saturated heterocycles. The summed E-state index contributed by atoms with van der Waals surface area (Å²) in [5, 5.41) is 0. The van der Waals surface area contributed by atoms with Crippen LogP contribution < -0.4 is 10.9 Å². The van der Waals surface area contributed by atoms with Crippen LogP contribution in [0.5, 0.6) is 0 Å². The second-order valence-electron chi connectivity index (χ2n) is 8.87. The summed E-state index contributed by atoms with van der Waals surface area (Å²) in [4.78, 5) is 2.27. The van der Waals surface area contributed by atoms with Crippen molar-refractivity contribution in [1.29, 1.82) is 0 Å². The Balaban J connectivity index is 2.21. The molecule has 0 atom stereocenters. The Morgan fingerprint density at radius 1 is 0.667 bits per heavy atom. The minimum absolute atomic E-state index is 0.219. The molecule has 0 N–H and O–H groups in total. The molecule has 0 bridgehead atoms. The van der Waals surface area contributed by atoms with Gasteiger partial charge >= 0.3 is 0 Å². The zero-order valence-electron chi connectivity index (χ0n) is 19.4. The molecule has 0 aromatic heterocycles. The van der Waals surface area contributed by atoms with Gasteiger partial charge in [0, 0.05) is 6.54 Å². The highest BCUT2D eigenvalue weighted by Crippen LogP contribution is 2.25. The SMILES string of the molecule is C/C(CCN(C)C)=C(/B(c1ccc(C)cc1)c1ccc(C)cc1)c1ccc(C)cc1. The topological polar surface area (TPSA) is 3.24 Å². The lowest BCUT2D eigenvalue weighted by Crippen LogP contribution is -2.44. The Bertz CT molecular complexity index is 935. The summed E-state index contributed by atoms with van der Waals surface area (Å²) in [6.07, 6.45) is 1.06. The lowest BCUT2D eigenvalue weighted by atomic mass is 9.34. The number of rotatable bonds is 7. The van der Waals surface area contributed by atoms with E-state index in [2.05, 4.69) is 119 Å². The van der Waals surface area contributed by atoms with Gasteiger partial charge in [0.15, 0.2) is 0 Å². The first-order valence-electron chi connectivity index (χ1n) is 10.9. The van der Waals surface area contributed by atoms with Crippen molar-refractivity contribution in [2.45, 2.75) is 34.1 Å². The zero-order chi connectivity index (χ0) is 21.7. The fourth-order valence-electron chi connectivity index (χ4n) is 3.96. The average Bonchev–Trinajstić information content (AvgIpc) is 2.73. The molecule has 3 rings (SSSR count). The Hall–Kier alpha value is -2.58. The molecule has 154 valence electrons. The van der Waals surface area contributed by atoms with Crippen LogP contribution in [0.2, 0.25) is 0 Å². The molecule has 0 heterocycles. The van der Waals surface area contributed by atoms with Crippen LogP contribution >= 0.6 is 0 Å². The zero-order valence-corrected chi connectivity index (χ0v) is 19.4. The summed E-state index contributed by atoms with van der Waals surface area (Å²) < 4.78 is 0. The molecule has 3 aromatic carbocycles. The molecule has 30 heavy (non-hydrogen) atoms. The molecule has 0 aliphatic heterocycles. The van der Waals surface area contributed by atoms with Crippen LogP contribution in [0, 0.1) is 20.8 Å². The molecule has 0 radical (unpaired) electrons. The van der Waals surface area contributed by atoms with Gasteiger partial charge < -0.3 is 4.90 Å². The Morgan fingerprint density at radius 2 is 1.07 bits per heavy atom. The molecule has 0 spiro atoms. The molecule has 0 unspecified atom stereocenters. The highest BCUT2D eigenvalue weighted by molar-refractivity contribution is 6.99. The third-order valence-electron chi connectivity index (χ3n) is 5.87. The molecule has 0 aliphatic rings. The lowest BCUT2D eigenvalue weighted by Gasteiger charge is -2.23. The van der Waals surface area contributed by atoms with Gasteiger partial charge in [0.05, 0.1) is 0 Å². The molecule has 0 fully saturated rings. The quantitative estimate of drug-likeness (QED) is 0.498. The van der Waals surface area contributed by atoms with Crippen molar-refractivity contribution in [3.05, 3.63) is 101 Å². The number of aryl methyl sites for hydroxylation is 3. The van der Waals surface area contributed by atoms with E-state index in [1.165, 1.54) is 44.2 Å². The molecular formula is C28H34BN. The largest absolute Gasteiger partial charge is 0.309 e. The Labute approximate surface area is 183 Å². The smallest absolute Gasteiger partial charge is 0.241 e. The predicted octanol–water partition coefficient (Wildman–Crippen LogP) is 5.19. The van der Waals surface area contributed by atoms with Gasteiger partial charge in [-0.2, -0.15) is 0 Å². The normalized spacial score (nSPS) is 12.1. The maximum atomic E-state index is 2.31. The summed E-state index contributed by atoms with van der Waals surface area (Å²) in [5.41, 5.74) is 10.8. The first-order chi connectivity index (χ1) is 14.3. The van der Waals surface area contributed by atoms with Gasteiger partial charge in [-0.15, -0.1) is 0 Å². The van der Waals surface area contributed by atoms with Crippen molar-refractivity contribution in [3.63, 3.8) is 0 Å². The summed E-state index contributed by atoms with van der Waals surface area (Å²) >= 11 is 0. The van der Waals surface area contributed by atoms with Gasteiger partial charge in [0.25, 0.3) is 0 Å². The van der Waals surface area contributed by atoms with E-state index < -0.39 is 0 Å². The van der Waals surface area contributed by atoms with E-state index in [1.807, 2.05) is 0 Å². The van der Waals surface area contributed by atoms with Crippen LogP contribution in [0.1, 0.15) is 35.6 Å². The van der Waals surface area contributed by atoms with Crippen molar-refractivity contribution >= 4 is 23.1 Å². The van der Waals surface area contributed by atoms with E-state index in [4.69, 9.17) is 0 Å². The van der Waals surface area contributed by atoms with Crippen LogP contribution in [0.3, 0.4) is 0 Å². The highest BCUT2D eigenvalue weighted by Gasteiger charge is 2.26. The van der Waals surface area contributed by atoms with E-state index in [-0.39, 0.29) is 6.71 Å². The second kappa shape index (κ2) is 9.95. The first kappa shape index (κ1) is 22.1. The van der Waals surface area contributed by atoms with E-state index >= 15 is 0 Å². The van der Waals surface area contributed by atoms with Gasteiger partial charge in [0.2, 0.25) is 6.71 Å². The molecule has 2 heteroatoms. The van der Waals surface area contributed by atoms with Gasteiger partial charge in [-0.05, 0) is 53.8 Å². The fraction of sp³-hybridized carbons (Fsp3) is 0.286. The third-order valence-corrected chi connectivity index (χ3v) is 5.87. The predicted molar refractivity (Wildman–Crippen MR) is 134 cm³/mol. The van der Waals surface area contributed by atoms with E-state index in [0.717, 1.165) is 13.0 Å². The maximum absolute atomic E-state index is 2.31. The van der Waals surface area contributed by atoms with Crippen molar-refractivity contribution in [2.24, 2.45) is 0 Å². The van der Waals surface area contributed by atoms with Crippen molar-refractivity contribution in [2.75, 3.05) is 20.6 Å². The molecule has 0 aliphatic carbocycles. The summed E-state index contributed by atoms with van der Waals surface area (Å²) in [5.74, 6) is 0. The van der Waals surface area contributed by atoms with Crippen LogP contribution in [0.15, 0.2) is 78.4 Å². The summed E-state index contributed by atoms with van der Waals surface area (Å²) in [7, 11) is 4.30. The van der Waals surface area contributed by atoms with Gasteiger partial charge in [-0.25, -0.2) is 0 Å². The number of hydrogen-bond acceptors (Lipinski definition) is 1. The Morgan fingerprint density at radius 3 is 1.47 bits per heavy atom. The molecule has 0 amide bonds.